The van der Waals surface area contributed by atoms with E-state index in [1.54, 1.807) is 6.20 Å². The number of hydrogen-bond acceptors (Lipinski definition) is 2. The van der Waals surface area contributed by atoms with E-state index in [1.165, 1.54) is 0 Å². The lowest BCUT2D eigenvalue weighted by molar-refractivity contribution is 0.312. The molecule has 0 unspecified atom stereocenters. The number of pyridine rings is 1. The number of ether oxygens (including phenoxy) is 1. The molecular formula is C13H14BrNO. The molecule has 0 aliphatic heterocycles. The molecule has 0 N–H and O–H groups in total. The van der Waals surface area contributed by atoms with Crippen LogP contribution in [0.3, 0.4) is 0 Å². The molecule has 0 fully saturated rings. The van der Waals surface area contributed by atoms with Gasteiger partial charge in [-0.25, -0.2) is 0 Å². The van der Waals surface area contributed by atoms with E-state index >= 15 is 0 Å². The van der Waals surface area contributed by atoms with E-state index in [2.05, 4.69) is 33.9 Å². The summed E-state index contributed by atoms with van der Waals surface area (Å²) in [5.74, 6) is 0.874. The molecule has 0 radical (unpaired) electrons. The number of para-hydroxylation sites is 1. The summed E-state index contributed by atoms with van der Waals surface area (Å²) in [6.45, 7) is 2.91. The molecule has 3 heteroatoms. The first kappa shape index (κ1) is 11.4. The van der Waals surface area contributed by atoms with Crippen LogP contribution in [-0.2, 0) is 0 Å². The zero-order valence-corrected chi connectivity index (χ0v) is 10.8. The third kappa shape index (κ3) is 2.53. The van der Waals surface area contributed by atoms with Crippen molar-refractivity contribution in [2.75, 3.05) is 6.61 Å². The molecule has 0 saturated heterocycles. The first-order valence-electron chi connectivity index (χ1n) is 5.48. The Morgan fingerprint density at radius 2 is 2.25 bits per heavy atom. The highest BCUT2D eigenvalue weighted by molar-refractivity contribution is 9.10. The van der Waals surface area contributed by atoms with Crippen molar-refractivity contribution in [2.45, 2.75) is 19.8 Å². The number of hydrogen-bond donors (Lipinski definition) is 0. The van der Waals surface area contributed by atoms with Crippen molar-refractivity contribution in [3.05, 3.63) is 34.9 Å². The predicted molar refractivity (Wildman–Crippen MR) is 69.8 cm³/mol. The molecule has 16 heavy (non-hydrogen) atoms. The van der Waals surface area contributed by atoms with Crippen molar-refractivity contribution < 1.29 is 4.74 Å². The van der Waals surface area contributed by atoms with Crippen LogP contribution in [0.4, 0.5) is 0 Å². The zero-order chi connectivity index (χ0) is 11.4. The lowest BCUT2D eigenvalue weighted by Crippen LogP contribution is -1.97. The number of nitrogens with zero attached hydrogens (tertiary/aromatic N) is 1. The van der Waals surface area contributed by atoms with E-state index in [4.69, 9.17) is 4.74 Å². The van der Waals surface area contributed by atoms with Crippen molar-refractivity contribution in [3.63, 3.8) is 0 Å². The fourth-order valence-corrected chi connectivity index (χ4v) is 1.90. The topological polar surface area (TPSA) is 22.1 Å². The summed E-state index contributed by atoms with van der Waals surface area (Å²) >= 11 is 3.42. The zero-order valence-electron chi connectivity index (χ0n) is 9.24. The van der Waals surface area contributed by atoms with Crippen LogP contribution in [0.5, 0.6) is 5.75 Å². The van der Waals surface area contributed by atoms with Gasteiger partial charge in [0.05, 0.1) is 6.61 Å². The molecule has 1 aromatic carbocycles. The quantitative estimate of drug-likeness (QED) is 0.784. The molecule has 0 amide bonds. The third-order valence-corrected chi connectivity index (χ3v) is 2.83. The molecule has 0 saturated carbocycles. The van der Waals surface area contributed by atoms with Crippen LogP contribution < -0.4 is 4.74 Å². The summed E-state index contributed by atoms with van der Waals surface area (Å²) < 4.78 is 6.71. The van der Waals surface area contributed by atoms with Gasteiger partial charge < -0.3 is 4.74 Å². The number of unbranched alkanes of at least 4 members (excludes halogenated alkanes) is 1. The SMILES string of the molecule is CCCCOc1cccc2cc(Br)cnc12. The van der Waals surface area contributed by atoms with Crippen molar-refractivity contribution in [1.82, 2.24) is 4.98 Å². The van der Waals surface area contributed by atoms with E-state index in [9.17, 15) is 0 Å². The van der Waals surface area contributed by atoms with E-state index in [1.807, 2.05) is 18.2 Å². The number of rotatable bonds is 4. The summed E-state index contributed by atoms with van der Waals surface area (Å²) in [4.78, 5) is 4.39. The molecule has 2 aromatic rings. The highest BCUT2D eigenvalue weighted by Crippen LogP contribution is 2.25. The maximum Gasteiger partial charge on any atom is 0.145 e. The van der Waals surface area contributed by atoms with Gasteiger partial charge in [-0.2, -0.15) is 0 Å². The summed E-state index contributed by atoms with van der Waals surface area (Å²) in [6.07, 6.45) is 4.02. The van der Waals surface area contributed by atoms with Crippen molar-refractivity contribution in [1.29, 1.82) is 0 Å². The first-order chi connectivity index (χ1) is 7.81. The predicted octanol–water partition coefficient (Wildman–Crippen LogP) is 4.18. The average Bonchev–Trinajstić information content (AvgIpc) is 2.29. The molecule has 1 heterocycles. The average molecular weight is 280 g/mol. The molecular weight excluding hydrogens is 266 g/mol. The minimum Gasteiger partial charge on any atom is -0.491 e. The normalized spacial score (nSPS) is 10.6. The van der Waals surface area contributed by atoms with Gasteiger partial charge in [-0.1, -0.05) is 25.5 Å². The summed E-state index contributed by atoms with van der Waals surface area (Å²) in [6, 6.07) is 8.06. The van der Waals surface area contributed by atoms with Gasteiger partial charge >= 0.3 is 0 Å². The first-order valence-corrected chi connectivity index (χ1v) is 6.27. The smallest absolute Gasteiger partial charge is 0.145 e. The molecule has 0 bridgehead atoms. The van der Waals surface area contributed by atoms with Gasteiger partial charge in [0, 0.05) is 16.1 Å². The molecule has 1 aromatic heterocycles. The molecule has 2 nitrogen and oxygen atoms in total. The Hall–Kier alpha value is -1.09. The Morgan fingerprint density at radius 3 is 3.06 bits per heavy atom. The minimum atomic E-state index is 0.757. The van der Waals surface area contributed by atoms with E-state index in [0.717, 1.165) is 40.6 Å². The van der Waals surface area contributed by atoms with Gasteiger partial charge in [0.25, 0.3) is 0 Å². The molecule has 0 aliphatic rings. The monoisotopic (exact) mass is 279 g/mol. The number of benzene rings is 1. The Morgan fingerprint density at radius 1 is 1.38 bits per heavy atom. The van der Waals surface area contributed by atoms with Crippen LogP contribution in [0.15, 0.2) is 34.9 Å². The van der Waals surface area contributed by atoms with Crippen LogP contribution in [0, 0.1) is 0 Å². The number of halogens is 1. The van der Waals surface area contributed by atoms with Gasteiger partial charge in [0.1, 0.15) is 11.3 Å². The van der Waals surface area contributed by atoms with Crippen molar-refractivity contribution >= 4 is 26.8 Å². The Balaban J connectivity index is 2.30. The fourth-order valence-electron chi connectivity index (χ4n) is 1.55. The standard InChI is InChI=1S/C13H14BrNO/c1-2-3-7-16-12-6-4-5-10-8-11(14)9-15-13(10)12/h4-6,8-9H,2-3,7H2,1H3. The van der Waals surface area contributed by atoms with Crippen LogP contribution in [0.2, 0.25) is 0 Å². The van der Waals surface area contributed by atoms with E-state index < -0.39 is 0 Å². The lowest BCUT2D eigenvalue weighted by Gasteiger charge is -2.07. The highest BCUT2D eigenvalue weighted by atomic mass is 79.9. The summed E-state index contributed by atoms with van der Waals surface area (Å²) in [5.41, 5.74) is 0.932. The third-order valence-electron chi connectivity index (χ3n) is 2.40. The fraction of sp³-hybridized carbons (Fsp3) is 0.308. The number of aromatic nitrogens is 1. The molecule has 0 spiro atoms. The number of fused-ring (bicyclic) bond motifs is 1. The maximum atomic E-state index is 5.72. The van der Waals surface area contributed by atoms with Gasteiger partial charge in [-0.15, -0.1) is 0 Å². The summed E-state index contributed by atoms with van der Waals surface area (Å²) in [7, 11) is 0. The van der Waals surface area contributed by atoms with Crippen LogP contribution in [0.25, 0.3) is 10.9 Å². The molecule has 84 valence electrons. The second kappa shape index (κ2) is 5.30. The van der Waals surface area contributed by atoms with Crippen LogP contribution in [-0.4, -0.2) is 11.6 Å². The van der Waals surface area contributed by atoms with Crippen LogP contribution >= 0.6 is 15.9 Å². The Bertz CT molecular complexity index is 484. The minimum absolute atomic E-state index is 0.757. The van der Waals surface area contributed by atoms with Gasteiger partial charge in [-0.3, -0.25) is 4.98 Å². The Labute approximate surface area is 104 Å². The molecule has 0 aliphatic carbocycles. The maximum absolute atomic E-state index is 5.72. The highest BCUT2D eigenvalue weighted by Gasteiger charge is 2.03. The lowest BCUT2D eigenvalue weighted by atomic mass is 10.2. The largest absolute Gasteiger partial charge is 0.491 e. The second-order valence-corrected chi connectivity index (χ2v) is 4.60. The van der Waals surface area contributed by atoms with Gasteiger partial charge in [0.2, 0.25) is 0 Å². The Kier molecular flexibility index (Phi) is 3.78. The van der Waals surface area contributed by atoms with Crippen LogP contribution in [0.1, 0.15) is 19.8 Å². The van der Waals surface area contributed by atoms with E-state index in [-0.39, 0.29) is 0 Å². The van der Waals surface area contributed by atoms with E-state index in [0.29, 0.717) is 0 Å². The van der Waals surface area contributed by atoms with Gasteiger partial charge in [-0.05, 0) is 34.5 Å². The van der Waals surface area contributed by atoms with Crippen molar-refractivity contribution in [3.8, 4) is 5.75 Å². The van der Waals surface area contributed by atoms with Crippen molar-refractivity contribution in [2.24, 2.45) is 0 Å². The second-order valence-electron chi connectivity index (χ2n) is 3.68. The molecule has 2 rings (SSSR count). The summed E-state index contributed by atoms with van der Waals surface area (Å²) in [5, 5.41) is 1.10. The van der Waals surface area contributed by atoms with Gasteiger partial charge in [0.15, 0.2) is 0 Å². The molecule has 0 atom stereocenters.